The first-order valence-corrected chi connectivity index (χ1v) is 14.7. The second-order valence-corrected chi connectivity index (χ2v) is 11.6. The highest BCUT2D eigenvalue weighted by molar-refractivity contribution is 7.52. The average Bonchev–Trinajstić information content (AvgIpc) is 3.46. The maximum Gasteiger partial charge on any atom is 0.459 e. The number of rotatable bonds is 12. The van der Waals surface area contributed by atoms with Crippen LogP contribution in [0.4, 0.5) is 16.2 Å². The molecule has 1 unspecified atom stereocenters. The van der Waals surface area contributed by atoms with Crippen molar-refractivity contribution < 1.29 is 37.4 Å². The molecule has 3 aromatic rings. The van der Waals surface area contributed by atoms with Crippen molar-refractivity contribution in [2.24, 2.45) is 0 Å². The molecule has 1 aliphatic heterocycles. The molecule has 1 saturated heterocycles. The summed E-state index contributed by atoms with van der Waals surface area (Å²) in [6.45, 7) is 4.05. The van der Waals surface area contributed by atoms with E-state index in [0.29, 0.717) is 11.3 Å². The van der Waals surface area contributed by atoms with Crippen LogP contribution >= 0.6 is 19.3 Å². The van der Waals surface area contributed by atoms with E-state index in [9.17, 15) is 14.5 Å². The third kappa shape index (κ3) is 6.55. The number of aliphatic hydroxyl groups excluding tert-OH is 1. The highest BCUT2D eigenvalue weighted by Crippen LogP contribution is 2.49. The molecule has 0 aliphatic carbocycles. The molecule has 3 heterocycles. The number of imidazole rings is 1. The molecule has 2 aromatic heterocycles. The van der Waals surface area contributed by atoms with Crippen LogP contribution in [0.25, 0.3) is 11.2 Å². The van der Waals surface area contributed by atoms with Gasteiger partial charge >= 0.3 is 13.7 Å². The van der Waals surface area contributed by atoms with Gasteiger partial charge < -0.3 is 30.2 Å². The summed E-state index contributed by atoms with van der Waals surface area (Å²) in [4.78, 5) is 24.8. The van der Waals surface area contributed by atoms with E-state index in [-0.39, 0.29) is 17.3 Å². The molecule has 0 spiro atoms. The molecule has 0 bridgehead atoms. The Morgan fingerprint density at radius 3 is 2.66 bits per heavy atom. The summed E-state index contributed by atoms with van der Waals surface area (Å²) in [5.74, 6) is -0.804. The van der Waals surface area contributed by atoms with Gasteiger partial charge in [0.1, 0.15) is 23.5 Å². The lowest BCUT2D eigenvalue weighted by Gasteiger charge is -2.31. The van der Waals surface area contributed by atoms with Crippen molar-refractivity contribution >= 4 is 48.2 Å². The number of nitrogens with zero attached hydrogens (tertiary/aromatic N) is 4. The van der Waals surface area contributed by atoms with Gasteiger partial charge in [-0.1, -0.05) is 18.2 Å². The molecule has 1 aromatic carbocycles. The average molecular weight is 616 g/mol. The zero-order valence-electron chi connectivity index (χ0n) is 22.7. The van der Waals surface area contributed by atoms with Crippen LogP contribution in [-0.2, 0) is 23.4 Å². The van der Waals surface area contributed by atoms with Crippen molar-refractivity contribution in [2.75, 3.05) is 30.6 Å². The Bertz CT molecular complexity index is 1420. The Morgan fingerprint density at radius 2 is 2.02 bits per heavy atom. The normalized spacial score (nSPS) is 24.7. The second kappa shape index (κ2) is 12.4. The van der Waals surface area contributed by atoms with Crippen molar-refractivity contribution in [1.29, 1.82) is 0 Å². The zero-order valence-corrected chi connectivity index (χ0v) is 24.4. The number of nitrogen functional groups attached to an aromatic ring is 1. The maximum atomic E-state index is 15.6. The standard InChI is InChI=1S/C24H32ClFN7O7P/c1-13(2)38-22(35)14(3)32-41(36,40-15-8-6-5-7-9-15)37-11-24(10-25)18(34)16(26)21(39-24)33-12-29-17-19(28-4)30-23(27)31-20(17)33/h5-9,12-14,16,18,21,34H,10-11H2,1-4H3,(H,32,36)(H3,27,28,30,31)/t14-,16-,18-,21+,24+,41?/m0/s1. The fourth-order valence-electron chi connectivity index (χ4n) is 4.12. The number of para-hydroxylation sites is 1. The Balaban J connectivity index is 1.61. The van der Waals surface area contributed by atoms with Crippen LogP contribution in [0.1, 0.15) is 27.0 Å². The fraction of sp³-hybridized carbons (Fsp3) is 0.500. The molecule has 1 fully saturated rings. The molecule has 0 radical (unpaired) electrons. The predicted molar refractivity (Wildman–Crippen MR) is 148 cm³/mol. The first-order valence-electron chi connectivity index (χ1n) is 12.6. The minimum atomic E-state index is -4.37. The molecular weight excluding hydrogens is 584 g/mol. The Labute approximate surface area is 240 Å². The van der Waals surface area contributed by atoms with Crippen LogP contribution < -0.4 is 20.7 Å². The summed E-state index contributed by atoms with van der Waals surface area (Å²) >= 11 is 6.21. The van der Waals surface area contributed by atoms with Gasteiger partial charge in [-0.3, -0.25) is 13.9 Å². The molecule has 14 nitrogen and oxygen atoms in total. The molecule has 17 heteroatoms. The molecule has 224 valence electrons. The van der Waals surface area contributed by atoms with Gasteiger partial charge in [-0.2, -0.15) is 15.1 Å². The summed E-state index contributed by atoms with van der Waals surface area (Å²) in [5, 5.41) is 16.3. The van der Waals surface area contributed by atoms with Crippen molar-refractivity contribution in [3.05, 3.63) is 36.7 Å². The zero-order chi connectivity index (χ0) is 29.9. The van der Waals surface area contributed by atoms with Crippen molar-refractivity contribution in [3.63, 3.8) is 0 Å². The topological polar surface area (TPSA) is 185 Å². The molecule has 0 amide bonds. The van der Waals surface area contributed by atoms with Crippen LogP contribution in [0.15, 0.2) is 36.7 Å². The Hall–Kier alpha value is -3.07. The number of anilines is 2. The summed E-state index contributed by atoms with van der Waals surface area (Å²) < 4.78 is 53.2. The number of aliphatic hydroxyl groups is 1. The number of fused-ring (bicyclic) bond motifs is 1. The molecule has 6 atom stereocenters. The van der Waals surface area contributed by atoms with Gasteiger partial charge in [0.25, 0.3) is 0 Å². The smallest absolute Gasteiger partial charge is 0.459 e. The number of alkyl halides is 2. The number of nitrogens with one attached hydrogen (secondary N) is 2. The van der Waals surface area contributed by atoms with E-state index in [4.69, 9.17) is 35.9 Å². The second-order valence-electron chi connectivity index (χ2n) is 9.61. The number of hydrogen-bond acceptors (Lipinski definition) is 12. The molecule has 5 N–H and O–H groups in total. The number of halogens is 2. The SMILES string of the molecule is CNc1nc(N)nc2c1ncn2[C@@H]1O[C@](CCl)(COP(=O)(N[C@@H](C)C(=O)OC(C)C)Oc2ccccc2)[C@@H](O)[C@@H]1F. The van der Waals surface area contributed by atoms with Crippen LogP contribution in [0, 0.1) is 0 Å². The number of nitrogens with two attached hydrogens (primary N) is 1. The number of ether oxygens (including phenoxy) is 2. The maximum absolute atomic E-state index is 15.6. The predicted octanol–water partition coefficient (Wildman–Crippen LogP) is 2.79. The Kier molecular flexibility index (Phi) is 9.36. The first-order chi connectivity index (χ1) is 19.4. The molecule has 0 saturated carbocycles. The largest absolute Gasteiger partial charge is 0.462 e. The number of carbonyl (C=O) groups is 1. The van der Waals surface area contributed by atoms with E-state index < -0.39 is 62.5 Å². The van der Waals surface area contributed by atoms with Gasteiger partial charge in [0, 0.05) is 7.05 Å². The highest BCUT2D eigenvalue weighted by Gasteiger charge is 2.57. The number of carbonyl (C=O) groups excluding carboxylic acids is 1. The van der Waals surface area contributed by atoms with E-state index in [1.165, 1.54) is 30.0 Å². The number of benzene rings is 1. The summed E-state index contributed by atoms with van der Waals surface area (Å²) in [5.41, 5.74) is 4.34. The van der Waals surface area contributed by atoms with Gasteiger partial charge in [-0.15, -0.1) is 11.6 Å². The van der Waals surface area contributed by atoms with E-state index in [0.717, 1.165) is 0 Å². The van der Waals surface area contributed by atoms with Gasteiger partial charge in [0.05, 0.1) is 24.9 Å². The summed E-state index contributed by atoms with van der Waals surface area (Å²) in [6, 6.07) is 6.93. The van der Waals surface area contributed by atoms with E-state index >= 15 is 4.39 Å². The number of hydrogen-bond donors (Lipinski definition) is 4. The van der Waals surface area contributed by atoms with E-state index in [1.807, 2.05) is 0 Å². The molecule has 4 rings (SSSR count). The minimum Gasteiger partial charge on any atom is -0.462 e. The Morgan fingerprint density at radius 1 is 1.32 bits per heavy atom. The lowest BCUT2D eigenvalue weighted by molar-refractivity contribution is -0.149. The van der Waals surface area contributed by atoms with Crippen molar-refractivity contribution in [3.8, 4) is 5.75 Å². The van der Waals surface area contributed by atoms with Crippen LogP contribution in [0.2, 0.25) is 0 Å². The van der Waals surface area contributed by atoms with Crippen LogP contribution in [-0.4, -0.2) is 80.2 Å². The van der Waals surface area contributed by atoms with Crippen molar-refractivity contribution in [2.45, 2.75) is 57.0 Å². The highest BCUT2D eigenvalue weighted by atomic mass is 35.5. The molecule has 41 heavy (non-hydrogen) atoms. The summed E-state index contributed by atoms with van der Waals surface area (Å²) in [7, 11) is -2.76. The third-order valence-corrected chi connectivity index (χ3v) is 8.23. The van der Waals surface area contributed by atoms with Gasteiger partial charge in [-0.25, -0.2) is 13.9 Å². The molecule has 1 aliphatic rings. The first kappa shape index (κ1) is 30.9. The van der Waals surface area contributed by atoms with E-state index in [1.54, 1.807) is 39.1 Å². The number of esters is 1. The quantitative estimate of drug-likeness (QED) is 0.133. The lowest BCUT2D eigenvalue weighted by atomic mass is 9.99. The molecular formula is C24H32ClFN7O7P. The third-order valence-electron chi connectivity index (χ3n) is 6.15. The monoisotopic (exact) mass is 615 g/mol. The van der Waals surface area contributed by atoms with Crippen LogP contribution in [0.5, 0.6) is 5.75 Å². The minimum absolute atomic E-state index is 0.0975. The lowest BCUT2D eigenvalue weighted by Crippen LogP contribution is -2.48. The fourth-order valence-corrected chi connectivity index (χ4v) is 5.97. The van der Waals surface area contributed by atoms with Crippen molar-refractivity contribution in [1.82, 2.24) is 24.6 Å². The van der Waals surface area contributed by atoms with Crippen LogP contribution in [0.3, 0.4) is 0 Å². The van der Waals surface area contributed by atoms with Gasteiger partial charge in [0.15, 0.2) is 29.4 Å². The van der Waals surface area contributed by atoms with E-state index in [2.05, 4.69) is 25.4 Å². The van der Waals surface area contributed by atoms with Gasteiger partial charge in [0.2, 0.25) is 5.95 Å². The van der Waals surface area contributed by atoms with Gasteiger partial charge in [-0.05, 0) is 32.9 Å². The number of aromatic nitrogens is 4. The summed E-state index contributed by atoms with van der Waals surface area (Å²) in [6.07, 6.45) is -4.49.